The molecule has 5 heteroatoms. The summed E-state index contributed by atoms with van der Waals surface area (Å²) in [7, 11) is 3.51. The van der Waals surface area contributed by atoms with Gasteiger partial charge in [0.1, 0.15) is 0 Å². The molecule has 2 N–H and O–H groups in total. The maximum Gasteiger partial charge on any atom is 0.226 e. The molecule has 1 amide bonds. The van der Waals surface area contributed by atoms with Gasteiger partial charge < -0.3 is 10.6 Å². The molecule has 1 heterocycles. The fourth-order valence-electron chi connectivity index (χ4n) is 1.69. The van der Waals surface area contributed by atoms with Crippen LogP contribution in [0, 0.1) is 5.92 Å². The van der Waals surface area contributed by atoms with Crippen molar-refractivity contribution in [3.05, 3.63) is 18.0 Å². The van der Waals surface area contributed by atoms with Gasteiger partial charge in [0, 0.05) is 32.9 Å². The summed E-state index contributed by atoms with van der Waals surface area (Å²) in [6.45, 7) is 4.51. The van der Waals surface area contributed by atoms with Gasteiger partial charge in [0.2, 0.25) is 5.91 Å². The Hall–Kier alpha value is -1.36. The van der Waals surface area contributed by atoms with Crippen molar-refractivity contribution in [1.82, 2.24) is 14.7 Å². The third kappa shape index (κ3) is 3.56. The largest absolute Gasteiger partial charge is 0.349 e. The van der Waals surface area contributed by atoms with Crippen LogP contribution in [0.1, 0.15) is 25.5 Å². The second-order valence-corrected chi connectivity index (χ2v) is 4.79. The minimum Gasteiger partial charge on any atom is -0.349 e. The van der Waals surface area contributed by atoms with Crippen molar-refractivity contribution in [1.29, 1.82) is 0 Å². The Morgan fingerprint density at radius 2 is 2.18 bits per heavy atom. The van der Waals surface area contributed by atoms with Crippen LogP contribution in [0.5, 0.6) is 0 Å². The van der Waals surface area contributed by atoms with E-state index in [4.69, 9.17) is 5.73 Å². The number of hydrogen-bond donors (Lipinski definition) is 1. The highest BCUT2D eigenvalue weighted by atomic mass is 16.2. The Kier molecular flexibility index (Phi) is 4.69. The Morgan fingerprint density at radius 3 is 2.59 bits per heavy atom. The molecule has 0 aliphatic carbocycles. The van der Waals surface area contributed by atoms with E-state index >= 15 is 0 Å². The molecule has 0 saturated carbocycles. The van der Waals surface area contributed by atoms with Gasteiger partial charge in [-0.1, -0.05) is 0 Å². The summed E-state index contributed by atoms with van der Waals surface area (Å²) < 4.78 is 1.89. The fourth-order valence-corrected chi connectivity index (χ4v) is 1.69. The Morgan fingerprint density at radius 1 is 1.53 bits per heavy atom. The predicted octanol–water partition coefficient (Wildman–Crippen LogP) is 0.670. The van der Waals surface area contributed by atoms with Crippen LogP contribution < -0.4 is 5.73 Å². The van der Waals surface area contributed by atoms with Crippen molar-refractivity contribution in [2.24, 2.45) is 11.7 Å². The van der Waals surface area contributed by atoms with Crippen molar-refractivity contribution in [3.8, 4) is 0 Å². The molecule has 1 atom stereocenters. The lowest BCUT2D eigenvalue weighted by Crippen LogP contribution is -2.35. The van der Waals surface area contributed by atoms with Crippen LogP contribution >= 0.6 is 0 Å². The summed E-state index contributed by atoms with van der Waals surface area (Å²) in [6, 6.07) is 0.338. The summed E-state index contributed by atoms with van der Waals surface area (Å²) in [5.74, 6) is -0.0837. The molecule has 0 aliphatic rings. The fraction of sp³-hybridized carbons (Fsp3) is 0.667. The molecule has 0 spiro atoms. The molecule has 1 rings (SSSR count). The van der Waals surface area contributed by atoms with Crippen LogP contribution in [0.25, 0.3) is 0 Å². The number of aromatic nitrogens is 2. The third-order valence-corrected chi connectivity index (χ3v) is 2.74. The minimum absolute atomic E-state index is 0.0739. The van der Waals surface area contributed by atoms with Gasteiger partial charge in [-0.15, -0.1) is 0 Å². The lowest BCUT2D eigenvalue weighted by Gasteiger charge is -2.18. The molecule has 1 aromatic rings. The molecule has 0 aromatic carbocycles. The first-order valence-electron chi connectivity index (χ1n) is 5.90. The summed E-state index contributed by atoms with van der Waals surface area (Å²) in [5.41, 5.74) is 6.71. The zero-order chi connectivity index (χ0) is 13.0. The van der Waals surface area contributed by atoms with E-state index in [0.29, 0.717) is 19.0 Å². The molecule has 0 aliphatic heterocycles. The quantitative estimate of drug-likeness (QED) is 0.820. The molecule has 0 saturated heterocycles. The third-order valence-electron chi connectivity index (χ3n) is 2.74. The maximum atomic E-state index is 11.8. The van der Waals surface area contributed by atoms with Gasteiger partial charge in [-0.25, -0.2) is 0 Å². The van der Waals surface area contributed by atoms with Gasteiger partial charge in [-0.05, 0) is 25.8 Å². The molecule has 96 valence electrons. The highest BCUT2D eigenvalue weighted by Gasteiger charge is 2.19. The molecular formula is C12H22N4O. The van der Waals surface area contributed by atoms with Gasteiger partial charge >= 0.3 is 0 Å². The zero-order valence-electron chi connectivity index (χ0n) is 11.1. The summed E-state index contributed by atoms with van der Waals surface area (Å²) >= 11 is 0. The normalized spacial score (nSPS) is 12.8. The second-order valence-electron chi connectivity index (χ2n) is 4.79. The van der Waals surface area contributed by atoms with Crippen LogP contribution in [0.4, 0.5) is 0 Å². The molecule has 0 bridgehead atoms. The average molecular weight is 238 g/mol. The van der Waals surface area contributed by atoms with Gasteiger partial charge in [-0.2, -0.15) is 5.10 Å². The van der Waals surface area contributed by atoms with Crippen LogP contribution in [0.2, 0.25) is 0 Å². The average Bonchev–Trinajstić information content (AvgIpc) is 2.73. The first-order chi connectivity index (χ1) is 7.95. The van der Waals surface area contributed by atoms with Gasteiger partial charge in [0.05, 0.1) is 12.1 Å². The summed E-state index contributed by atoms with van der Waals surface area (Å²) in [4.78, 5) is 13.4. The Balaban J connectivity index is 2.70. The lowest BCUT2D eigenvalue weighted by atomic mass is 10.0. The van der Waals surface area contributed by atoms with E-state index in [1.165, 1.54) is 0 Å². The predicted molar refractivity (Wildman–Crippen MR) is 67.6 cm³/mol. The van der Waals surface area contributed by atoms with Crippen LogP contribution in [-0.4, -0.2) is 41.2 Å². The van der Waals surface area contributed by atoms with Crippen LogP contribution in [-0.2, 0) is 11.2 Å². The lowest BCUT2D eigenvalue weighted by molar-refractivity contribution is -0.132. The van der Waals surface area contributed by atoms with Crippen LogP contribution in [0.3, 0.4) is 0 Å². The Labute approximate surface area is 103 Å². The highest BCUT2D eigenvalue weighted by Crippen LogP contribution is 2.11. The van der Waals surface area contributed by atoms with Crippen molar-refractivity contribution in [2.45, 2.75) is 26.3 Å². The Bertz CT molecular complexity index is 370. The zero-order valence-corrected chi connectivity index (χ0v) is 11.1. The highest BCUT2D eigenvalue weighted by molar-refractivity contribution is 5.78. The van der Waals surface area contributed by atoms with Crippen molar-refractivity contribution >= 4 is 5.91 Å². The van der Waals surface area contributed by atoms with Crippen molar-refractivity contribution in [2.75, 3.05) is 20.6 Å². The number of hydrogen-bond acceptors (Lipinski definition) is 3. The van der Waals surface area contributed by atoms with Gasteiger partial charge in [0.25, 0.3) is 0 Å². The van der Waals surface area contributed by atoms with Gasteiger partial charge in [-0.3, -0.25) is 9.48 Å². The van der Waals surface area contributed by atoms with E-state index < -0.39 is 0 Å². The van der Waals surface area contributed by atoms with E-state index in [2.05, 4.69) is 18.9 Å². The van der Waals surface area contributed by atoms with E-state index in [1.807, 2.05) is 17.1 Å². The molecule has 1 aromatic heterocycles. The number of rotatable bonds is 5. The van der Waals surface area contributed by atoms with E-state index in [-0.39, 0.29) is 11.8 Å². The second kappa shape index (κ2) is 5.82. The standard InChI is InChI=1S/C12H22N4O/c1-9(2)16-8-10(7-14-16)5-11(6-13)12(17)15(3)4/h7-9,11H,5-6,13H2,1-4H3. The summed E-state index contributed by atoms with van der Waals surface area (Å²) in [5, 5.41) is 4.26. The first-order valence-corrected chi connectivity index (χ1v) is 5.90. The number of carbonyl (C=O) groups excluding carboxylic acids is 1. The molecule has 0 fully saturated rings. The van der Waals surface area contributed by atoms with Crippen molar-refractivity contribution < 1.29 is 4.79 Å². The maximum absolute atomic E-state index is 11.8. The van der Waals surface area contributed by atoms with Crippen LogP contribution in [0.15, 0.2) is 12.4 Å². The molecule has 0 radical (unpaired) electrons. The minimum atomic E-state index is -0.158. The molecule has 17 heavy (non-hydrogen) atoms. The van der Waals surface area contributed by atoms with E-state index in [1.54, 1.807) is 19.0 Å². The molecular weight excluding hydrogens is 216 g/mol. The number of carbonyl (C=O) groups is 1. The molecule has 1 unspecified atom stereocenters. The van der Waals surface area contributed by atoms with Gasteiger partial charge in [0.15, 0.2) is 0 Å². The van der Waals surface area contributed by atoms with E-state index in [9.17, 15) is 4.79 Å². The smallest absolute Gasteiger partial charge is 0.226 e. The topological polar surface area (TPSA) is 64.2 Å². The number of nitrogens with two attached hydrogens (primary N) is 1. The van der Waals surface area contributed by atoms with E-state index in [0.717, 1.165) is 5.56 Å². The number of amides is 1. The number of nitrogens with zero attached hydrogens (tertiary/aromatic N) is 3. The first kappa shape index (κ1) is 13.7. The van der Waals surface area contributed by atoms with Crippen molar-refractivity contribution in [3.63, 3.8) is 0 Å². The summed E-state index contributed by atoms with van der Waals surface area (Å²) in [6.07, 6.45) is 4.45. The molecule has 5 nitrogen and oxygen atoms in total. The SMILES string of the molecule is CC(C)n1cc(CC(CN)C(=O)N(C)C)cn1. The monoisotopic (exact) mass is 238 g/mol.